The lowest BCUT2D eigenvalue weighted by atomic mass is 10.0. The highest BCUT2D eigenvalue weighted by molar-refractivity contribution is 5.86. The lowest BCUT2D eigenvalue weighted by Crippen LogP contribution is -2.38. The predicted molar refractivity (Wildman–Crippen MR) is 80.7 cm³/mol. The summed E-state index contributed by atoms with van der Waals surface area (Å²) in [5.74, 6) is 0.899. The largest absolute Gasteiger partial charge is 0.382 e. The van der Waals surface area contributed by atoms with Crippen LogP contribution in [0.3, 0.4) is 0 Å². The maximum Gasteiger partial charge on any atom is 0.258 e. The van der Waals surface area contributed by atoms with Crippen LogP contribution in [0.2, 0.25) is 0 Å². The number of aromatic nitrogens is 2. The van der Waals surface area contributed by atoms with E-state index >= 15 is 0 Å². The van der Waals surface area contributed by atoms with Crippen LogP contribution in [0, 0.1) is 0 Å². The van der Waals surface area contributed by atoms with Gasteiger partial charge in [0.15, 0.2) is 5.82 Å². The molecule has 0 aliphatic heterocycles. The molecule has 21 heavy (non-hydrogen) atoms. The number of fused-ring (bicyclic) bond motifs is 1. The lowest BCUT2D eigenvalue weighted by Gasteiger charge is -2.18. The minimum atomic E-state index is -0.770. The molecule has 3 rings (SSSR count). The van der Waals surface area contributed by atoms with Gasteiger partial charge in [-0.05, 0) is 29.8 Å². The average Bonchev–Trinajstić information content (AvgIpc) is 2.97. The van der Waals surface area contributed by atoms with Crippen LogP contribution in [0.25, 0.3) is 22.2 Å². The van der Waals surface area contributed by atoms with E-state index in [0.717, 1.165) is 10.9 Å². The zero-order chi connectivity index (χ0) is 14.9. The van der Waals surface area contributed by atoms with E-state index in [2.05, 4.69) is 16.2 Å². The van der Waals surface area contributed by atoms with Crippen molar-refractivity contribution in [3.63, 3.8) is 0 Å². The molecule has 1 aromatic heterocycles. The first-order valence-corrected chi connectivity index (χ1v) is 6.71. The highest BCUT2D eigenvalue weighted by Gasteiger charge is 2.27. The number of methoxy groups -OCH3 is 1. The van der Waals surface area contributed by atoms with Gasteiger partial charge in [-0.25, -0.2) is 0 Å². The highest BCUT2D eigenvalue weighted by Crippen LogP contribution is 2.25. The van der Waals surface area contributed by atoms with Crippen molar-refractivity contribution in [2.24, 2.45) is 5.73 Å². The molecule has 3 aromatic rings. The highest BCUT2D eigenvalue weighted by atomic mass is 16.5. The number of benzene rings is 2. The van der Waals surface area contributed by atoms with Gasteiger partial charge in [0.05, 0.1) is 6.61 Å². The molecule has 0 aliphatic rings. The van der Waals surface area contributed by atoms with E-state index in [-0.39, 0.29) is 0 Å². The average molecular weight is 283 g/mol. The van der Waals surface area contributed by atoms with Crippen molar-refractivity contribution in [1.82, 2.24) is 10.1 Å². The SMILES string of the molecule is COCC(C)(N)c1noc(-c2ccc3ccccc3c2)n1. The predicted octanol–water partition coefficient (Wildman–Crippen LogP) is 2.71. The maximum absolute atomic E-state index is 6.12. The summed E-state index contributed by atoms with van der Waals surface area (Å²) in [6, 6.07) is 14.1. The van der Waals surface area contributed by atoms with Gasteiger partial charge in [-0.1, -0.05) is 35.5 Å². The second-order valence-electron chi connectivity index (χ2n) is 5.34. The van der Waals surface area contributed by atoms with Crippen molar-refractivity contribution >= 4 is 10.8 Å². The quantitative estimate of drug-likeness (QED) is 0.797. The number of nitrogens with zero attached hydrogens (tertiary/aromatic N) is 2. The number of hydrogen-bond acceptors (Lipinski definition) is 5. The van der Waals surface area contributed by atoms with Crippen LogP contribution in [-0.4, -0.2) is 23.9 Å². The summed E-state index contributed by atoms with van der Waals surface area (Å²) in [5.41, 5.74) is 6.23. The molecule has 0 aliphatic carbocycles. The zero-order valence-electron chi connectivity index (χ0n) is 12.0. The molecule has 0 saturated heterocycles. The fourth-order valence-electron chi connectivity index (χ4n) is 2.26. The van der Waals surface area contributed by atoms with Gasteiger partial charge < -0.3 is 15.0 Å². The molecule has 2 aromatic carbocycles. The summed E-state index contributed by atoms with van der Waals surface area (Å²) in [5, 5.41) is 6.27. The number of rotatable bonds is 4. The van der Waals surface area contributed by atoms with Gasteiger partial charge in [0, 0.05) is 12.7 Å². The van der Waals surface area contributed by atoms with Crippen LogP contribution < -0.4 is 5.73 Å². The Morgan fingerprint density at radius 3 is 2.71 bits per heavy atom. The van der Waals surface area contributed by atoms with Crippen LogP contribution in [0.5, 0.6) is 0 Å². The van der Waals surface area contributed by atoms with Crippen LogP contribution in [0.4, 0.5) is 0 Å². The molecular weight excluding hydrogens is 266 g/mol. The van der Waals surface area contributed by atoms with E-state index in [1.807, 2.05) is 43.3 Å². The van der Waals surface area contributed by atoms with Crippen LogP contribution in [0.15, 0.2) is 47.0 Å². The first kappa shape index (κ1) is 13.7. The number of ether oxygens (including phenoxy) is 1. The summed E-state index contributed by atoms with van der Waals surface area (Å²) in [4.78, 5) is 4.39. The number of hydrogen-bond donors (Lipinski definition) is 1. The Morgan fingerprint density at radius 2 is 1.95 bits per heavy atom. The Labute approximate surface area is 122 Å². The Kier molecular flexibility index (Phi) is 3.45. The third-order valence-electron chi connectivity index (χ3n) is 3.38. The molecule has 0 saturated carbocycles. The Hall–Kier alpha value is -2.24. The van der Waals surface area contributed by atoms with Gasteiger partial charge in [0.1, 0.15) is 5.54 Å². The molecule has 0 spiro atoms. The third-order valence-corrected chi connectivity index (χ3v) is 3.38. The zero-order valence-corrected chi connectivity index (χ0v) is 12.0. The maximum atomic E-state index is 6.12. The fourth-order valence-corrected chi connectivity index (χ4v) is 2.26. The Morgan fingerprint density at radius 1 is 1.19 bits per heavy atom. The van der Waals surface area contributed by atoms with Crippen LogP contribution >= 0.6 is 0 Å². The van der Waals surface area contributed by atoms with Crippen molar-refractivity contribution in [1.29, 1.82) is 0 Å². The molecule has 0 radical (unpaired) electrons. The summed E-state index contributed by atoms with van der Waals surface area (Å²) in [6.45, 7) is 2.13. The normalized spacial score (nSPS) is 14.2. The monoisotopic (exact) mass is 283 g/mol. The van der Waals surface area contributed by atoms with E-state index in [9.17, 15) is 0 Å². The first-order valence-electron chi connectivity index (χ1n) is 6.71. The summed E-state index contributed by atoms with van der Waals surface area (Å²) in [7, 11) is 1.59. The van der Waals surface area contributed by atoms with Crippen molar-refractivity contribution in [2.75, 3.05) is 13.7 Å². The van der Waals surface area contributed by atoms with Crippen LogP contribution in [-0.2, 0) is 10.3 Å². The van der Waals surface area contributed by atoms with E-state index < -0.39 is 5.54 Å². The molecule has 0 bridgehead atoms. The molecular formula is C16H17N3O2. The van der Waals surface area contributed by atoms with Crippen molar-refractivity contribution in [3.05, 3.63) is 48.3 Å². The summed E-state index contributed by atoms with van der Waals surface area (Å²) in [6.07, 6.45) is 0. The summed E-state index contributed by atoms with van der Waals surface area (Å²) >= 11 is 0. The second kappa shape index (κ2) is 5.27. The van der Waals surface area contributed by atoms with E-state index in [1.165, 1.54) is 5.39 Å². The lowest BCUT2D eigenvalue weighted by molar-refractivity contribution is 0.135. The molecule has 2 N–H and O–H groups in total. The van der Waals surface area contributed by atoms with Gasteiger partial charge in [0.25, 0.3) is 5.89 Å². The summed E-state index contributed by atoms with van der Waals surface area (Å²) < 4.78 is 10.4. The van der Waals surface area contributed by atoms with Gasteiger partial charge >= 0.3 is 0 Å². The molecule has 0 amide bonds. The molecule has 5 nitrogen and oxygen atoms in total. The smallest absolute Gasteiger partial charge is 0.258 e. The number of nitrogens with two attached hydrogens (primary N) is 1. The molecule has 1 atom stereocenters. The molecule has 1 heterocycles. The molecule has 1 unspecified atom stereocenters. The molecule has 5 heteroatoms. The standard InChI is InChI=1S/C16H17N3O2/c1-16(17,10-20-2)15-18-14(21-19-15)13-8-7-11-5-3-4-6-12(11)9-13/h3-9H,10,17H2,1-2H3. The molecule has 108 valence electrons. The van der Waals surface area contributed by atoms with E-state index in [0.29, 0.717) is 18.3 Å². The van der Waals surface area contributed by atoms with Crippen molar-refractivity contribution in [2.45, 2.75) is 12.5 Å². The third kappa shape index (κ3) is 2.66. The Balaban J connectivity index is 1.98. The minimum absolute atomic E-state index is 0.323. The molecule has 0 fully saturated rings. The fraction of sp³-hybridized carbons (Fsp3) is 0.250. The van der Waals surface area contributed by atoms with Gasteiger partial charge in [-0.3, -0.25) is 0 Å². The van der Waals surface area contributed by atoms with Crippen LogP contribution in [0.1, 0.15) is 12.7 Å². The second-order valence-corrected chi connectivity index (χ2v) is 5.34. The topological polar surface area (TPSA) is 74.2 Å². The van der Waals surface area contributed by atoms with Gasteiger partial charge in [-0.15, -0.1) is 0 Å². The van der Waals surface area contributed by atoms with Crippen molar-refractivity contribution < 1.29 is 9.26 Å². The minimum Gasteiger partial charge on any atom is -0.382 e. The van der Waals surface area contributed by atoms with Gasteiger partial charge in [0.2, 0.25) is 0 Å². The van der Waals surface area contributed by atoms with Crippen molar-refractivity contribution in [3.8, 4) is 11.5 Å². The van der Waals surface area contributed by atoms with E-state index in [1.54, 1.807) is 7.11 Å². The van der Waals surface area contributed by atoms with Gasteiger partial charge in [-0.2, -0.15) is 4.98 Å². The first-order chi connectivity index (χ1) is 10.1. The Bertz CT molecular complexity index is 765. The van der Waals surface area contributed by atoms with E-state index in [4.69, 9.17) is 15.0 Å².